The molecule has 0 aliphatic rings. The van der Waals surface area contributed by atoms with Gasteiger partial charge in [0, 0.05) is 0 Å². The molecular weight excluding hydrogens is 514 g/mol. The van der Waals surface area contributed by atoms with Gasteiger partial charge in [-0.1, -0.05) is 0 Å². The van der Waals surface area contributed by atoms with Crippen molar-refractivity contribution >= 4 is 72.6 Å². The van der Waals surface area contributed by atoms with E-state index < -0.39 is 16.1 Å². The molecule has 0 bridgehead atoms. The van der Waals surface area contributed by atoms with E-state index in [0.717, 1.165) is 0 Å². The average Bonchev–Trinajstić information content (AvgIpc) is 3.24. The zero-order valence-electron chi connectivity index (χ0n) is 19.9. The third kappa shape index (κ3) is 5.33. The van der Waals surface area contributed by atoms with Crippen molar-refractivity contribution in [1.82, 2.24) is 0 Å². The van der Waals surface area contributed by atoms with Gasteiger partial charge >= 0.3 is 194 Å². The maximum absolute atomic E-state index is 2.68. The van der Waals surface area contributed by atoms with Crippen LogP contribution in [0.3, 0.4) is 0 Å². The molecule has 0 amide bonds. The molecule has 4 heteroatoms. The van der Waals surface area contributed by atoms with Crippen molar-refractivity contribution in [3.8, 4) is 0 Å². The second-order valence-corrected chi connectivity index (χ2v) is 26.9. The van der Waals surface area contributed by atoms with Crippen molar-refractivity contribution in [2.24, 2.45) is 0 Å². The van der Waals surface area contributed by atoms with E-state index in [0.29, 0.717) is 29.0 Å². The summed E-state index contributed by atoms with van der Waals surface area (Å²) in [5.41, 5.74) is 3.35. The molecule has 0 nitrogen and oxygen atoms in total. The Morgan fingerprint density at radius 3 is 1.72 bits per heavy atom. The van der Waals surface area contributed by atoms with Gasteiger partial charge in [-0.25, -0.2) is 0 Å². The summed E-state index contributed by atoms with van der Waals surface area (Å²) in [5.74, 6) is 0. The van der Waals surface area contributed by atoms with Crippen LogP contribution in [0.2, 0.25) is 39.3 Å². The molecule has 29 heavy (non-hydrogen) atoms. The Bertz CT molecular complexity index is 980. The van der Waals surface area contributed by atoms with Gasteiger partial charge in [-0.2, -0.15) is 0 Å². The second kappa shape index (κ2) is 9.35. The number of hydrogen-bond acceptors (Lipinski definition) is 0. The van der Waals surface area contributed by atoms with Gasteiger partial charge in [0.25, 0.3) is 0 Å². The fourth-order valence-corrected chi connectivity index (χ4v) is 15.5. The van der Waals surface area contributed by atoms with E-state index in [1.54, 1.807) is 30.4 Å². The van der Waals surface area contributed by atoms with Crippen LogP contribution in [-0.4, -0.2) is 45.2 Å². The second-order valence-electron chi connectivity index (χ2n) is 10.8. The number of rotatable bonds is 9. The number of unbranched alkanes of at least 4 members (excludes halogenated alkanes) is 5. The van der Waals surface area contributed by atoms with Crippen LogP contribution in [0.25, 0.3) is 19.3 Å². The van der Waals surface area contributed by atoms with Crippen LogP contribution < -0.4 is 8.12 Å². The minimum absolute atomic E-state index is 0.581. The number of hydrogen-bond donors (Lipinski definition) is 0. The number of benzene rings is 1. The molecule has 3 rings (SSSR count). The quantitative estimate of drug-likeness (QED) is 0.212. The standard InChI is InChI=1S/C25H40Se2Si2/c1-9-10-11-12-13-14-15-19-18(2)20-16-22(28(3,4)5)26-24(20)25-21(19)17-23(27-25)29(6,7)8/h16-17H,9-15H2,1-8H3. The van der Waals surface area contributed by atoms with Crippen molar-refractivity contribution in [3.05, 3.63) is 23.3 Å². The molecule has 0 saturated heterocycles. The maximum atomic E-state index is 2.68. The Hall–Kier alpha value is 0.173. The van der Waals surface area contributed by atoms with Crippen LogP contribution in [0, 0.1) is 6.92 Å². The summed E-state index contributed by atoms with van der Waals surface area (Å²) in [5, 5.41) is 3.36. The molecule has 0 atom stereocenters. The van der Waals surface area contributed by atoms with Gasteiger partial charge < -0.3 is 0 Å². The third-order valence-electron chi connectivity index (χ3n) is 6.11. The van der Waals surface area contributed by atoms with E-state index in [1.165, 1.54) is 44.9 Å². The fraction of sp³-hybridized carbons (Fsp3) is 0.600. The summed E-state index contributed by atoms with van der Waals surface area (Å²) < 4.78 is 7.27. The first kappa shape index (κ1) is 23.8. The molecule has 0 unspecified atom stereocenters. The number of aryl methyl sites for hydroxylation is 2. The van der Waals surface area contributed by atoms with Gasteiger partial charge in [0.1, 0.15) is 0 Å². The first-order chi connectivity index (χ1) is 13.5. The molecule has 0 N–H and O–H groups in total. The zero-order chi connectivity index (χ0) is 21.4. The van der Waals surface area contributed by atoms with Gasteiger partial charge in [0.15, 0.2) is 0 Å². The average molecular weight is 555 g/mol. The Labute approximate surface area is 193 Å². The van der Waals surface area contributed by atoms with E-state index >= 15 is 0 Å². The minimum atomic E-state index is -1.21. The van der Waals surface area contributed by atoms with Crippen molar-refractivity contribution in [2.75, 3.05) is 0 Å². The third-order valence-corrected chi connectivity index (χ3v) is 22.8. The van der Waals surface area contributed by atoms with E-state index in [9.17, 15) is 0 Å². The van der Waals surface area contributed by atoms with E-state index in [-0.39, 0.29) is 0 Å². The summed E-state index contributed by atoms with van der Waals surface area (Å²) in [7, 11) is -2.42. The van der Waals surface area contributed by atoms with Gasteiger partial charge in [-0.15, -0.1) is 0 Å². The molecule has 0 spiro atoms. The van der Waals surface area contributed by atoms with Crippen LogP contribution in [0.5, 0.6) is 0 Å². The van der Waals surface area contributed by atoms with E-state index in [1.807, 2.05) is 8.12 Å². The summed E-state index contributed by atoms with van der Waals surface area (Å²) >= 11 is 1.16. The van der Waals surface area contributed by atoms with Crippen molar-refractivity contribution in [1.29, 1.82) is 0 Å². The van der Waals surface area contributed by atoms with Gasteiger partial charge in [0.05, 0.1) is 0 Å². The molecule has 0 saturated carbocycles. The summed E-state index contributed by atoms with van der Waals surface area (Å²) in [4.78, 5) is 0. The topological polar surface area (TPSA) is 0 Å². The Morgan fingerprint density at radius 2 is 1.17 bits per heavy atom. The van der Waals surface area contributed by atoms with Gasteiger partial charge in [-0.05, 0) is 0 Å². The van der Waals surface area contributed by atoms with Crippen LogP contribution in [0.4, 0.5) is 0 Å². The SMILES string of the molecule is CCCCCCCCc1c(C)c2cc([Si](C)(C)C)[se]c2c2[se]c([Si](C)(C)C)cc12. The predicted molar refractivity (Wildman–Crippen MR) is 143 cm³/mol. The predicted octanol–water partition coefficient (Wildman–Crippen LogP) is 6.41. The zero-order valence-corrected chi connectivity index (χ0v) is 25.3. The van der Waals surface area contributed by atoms with Crippen LogP contribution in [0.15, 0.2) is 12.1 Å². The molecule has 0 radical (unpaired) electrons. The fourth-order valence-electron chi connectivity index (χ4n) is 4.13. The van der Waals surface area contributed by atoms with E-state index in [4.69, 9.17) is 0 Å². The molecule has 1 aromatic carbocycles. The van der Waals surface area contributed by atoms with Crippen molar-refractivity contribution in [3.63, 3.8) is 0 Å². The normalized spacial score (nSPS) is 13.1. The van der Waals surface area contributed by atoms with Crippen molar-refractivity contribution in [2.45, 2.75) is 98.1 Å². The number of fused-ring (bicyclic) bond motifs is 3. The van der Waals surface area contributed by atoms with Crippen LogP contribution >= 0.6 is 0 Å². The monoisotopic (exact) mass is 556 g/mol. The molecule has 2 heterocycles. The first-order valence-corrected chi connectivity index (χ1v) is 22.0. The Balaban J connectivity index is 2.07. The molecule has 0 fully saturated rings. The molecule has 3 aromatic rings. The summed E-state index contributed by atoms with van der Waals surface area (Å²) in [6.07, 6.45) is 9.66. The van der Waals surface area contributed by atoms with Crippen LogP contribution in [0.1, 0.15) is 56.6 Å². The Morgan fingerprint density at radius 1 is 0.690 bits per heavy atom. The molecule has 0 aliphatic carbocycles. The Kier molecular flexibility index (Phi) is 7.68. The summed E-state index contributed by atoms with van der Waals surface area (Å²) in [6.45, 7) is 20.0. The van der Waals surface area contributed by atoms with Crippen molar-refractivity contribution < 1.29 is 0 Å². The molecular formula is C25H40Se2Si2. The van der Waals surface area contributed by atoms with Gasteiger partial charge in [0.2, 0.25) is 0 Å². The van der Waals surface area contributed by atoms with Crippen LogP contribution in [-0.2, 0) is 6.42 Å². The molecule has 2 aromatic heterocycles. The molecule has 0 aliphatic heterocycles. The van der Waals surface area contributed by atoms with E-state index in [2.05, 4.69) is 65.3 Å². The first-order valence-electron chi connectivity index (χ1n) is 11.5. The molecule has 160 valence electrons. The van der Waals surface area contributed by atoms with Gasteiger partial charge in [-0.3, -0.25) is 0 Å². The summed E-state index contributed by atoms with van der Waals surface area (Å²) in [6, 6.07) is 5.34.